The molecule has 1 rings (SSSR count). The van der Waals surface area contributed by atoms with Crippen LogP contribution in [0, 0.1) is 6.92 Å². The van der Waals surface area contributed by atoms with Crippen LogP contribution in [-0.4, -0.2) is 23.9 Å². The van der Waals surface area contributed by atoms with Gasteiger partial charge in [-0.25, -0.2) is 0 Å². The standard InChI is InChI=1S/C10H16N2OS/c1-7-4-5-14-9(7)6-12(3)10(13)8(2)11/h4-5,8H,6,11H2,1-3H3. The number of nitrogens with zero attached hydrogens (tertiary/aromatic N) is 1. The van der Waals surface area contributed by atoms with Gasteiger partial charge in [0.05, 0.1) is 12.6 Å². The highest BCUT2D eigenvalue weighted by atomic mass is 32.1. The number of amides is 1. The van der Waals surface area contributed by atoms with Gasteiger partial charge in [0.15, 0.2) is 0 Å². The summed E-state index contributed by atoms with van der Waals surface area (Å²) < 4.78 is 0. The number of hydrogen-bond donors (Lipinski definition) is 1. The molecule has 1 unspecified atom stereocenters. The van der Waals surface area contributed by atoms with Gasteiger partial charge >= 0.3 is 0 Å². The Bertz CT molecular complexity index is 320. The molecule has 0 spiro atoms. The molecule has 0 saturated heterocycles. The Hall–Kier alpha value is -0.870. The molecule has 4 heteroatoms. The van der Waals surface area contributed by atoms with E-state index in [9.17, 15) is 4.79 Å². The number of thiophene rings is 1. The first-order valence-electron chi connectivity index (χ1n) is 4.56. The Morgan fingerprint density at radius 2 is 2.36 bits per heavy atom. The van der Waals surface area contributed by atoms with Crippen LogP contribution in [0.4, 0.5) is 0 Å². The molecule has 1 amide bonds. The highest BCUT2D eigenvalue weighted by molar-refractivity contribution is 7.10. The summed E-state index contributed by atoms with van der Waals surface area (Å²) in [6, 6.07) is 1.64. The van der Waals surface area contributed by atoms with Gasteiger partial charge in [-0.3, -0.25) is 4.79 Å². The Morgan fingerprint density at radius 3 is 2.79 bits per heavy atom. The van der Waals surface area contributed by atoms with Crippen molar-refractivity contribution >= 4 is 17.2 Å². The van der Waals surface area contributed by atoms with Gasteiger partial charge in [0.1, 0.15) is 0 Å². The van der Waals surface area contributed by atoms with Gasteiger partial charge in [0, 0.05) is 11.9 Å². The van der Waals surface area contributed by atoms with E-state index in [1.165, 1.54) is 10.4 Å². The first kappa shape index (κ1) is 11.2. The summed E-state index contributed by atoms with van der Waals surface area (Å²) >= 11 is 1.67. The van der Waals surface area contributed by atoms with Crippen molar-refractivity contribution in [2.24, 2.45) is 5.73 Å². The fourth-order valence-corrected chi connectivity index (χ4v) is 2.17. The zero-order valence-electron chi connectivity index (χ0n) is 8.78. The molecule has 0 aliphatic heterocycles. The Labute approximate surface area is 88.5 Å². The maximum atomic E-state index is 11.5. The number of hydrogen-bond acceptors (Lipinski definition) is 3. The summed E-state index contributed by atoms with van der Waals surface area (Å²) in [5.41, 5.74) is 6.75. The molecule has 0 aliphatic rings. The summed E-state index contributed by atoms with van der Waals surface area (Å²) in [4.78, 5) is 14.4. The van der Waals surface area contributed by atoms with E-state index < -0.39 is 6.04 Å². The second-order valence-electron chi connectivity index (χ2n) is 3.51. The Morgan fingerprint density at radius 1 is 1.71 bits per heavy atom. The molecule has 1 aromatic heterocycles. The lowest BCUT2D eigenvalue weighted by Gasteiger charge is -2.18. The summed E-state index contributed by atoms with van der Waals surface area (Å²) in [5.74, 6) is -0.0159. The van der Waals surface area contributed by atoms with Crippen molar-refractivity contribution in [1.82, 2.24) is 4.90 Å². The lowest BCUT2D eigenvalue weighted by molar-refractivity contribution is -0.131. The molecule has 78 valence electrons. The maximum Gasteiger partial charge on any atom is 0.239 e. The molecule has 3 nitrogen and oxygen atoms in total. The number of nitrogens with two attached hydrogens (primary N) is 1. The fourth-order valence-electron chi connectivity index (χ4n) is 1.21. The molecular formula is C10H16N2OS. The van der Waals surface area contributed by atoms with Crippen LogP contribution in [0.3, 0.4) is 0 Å². The highest BCUT2D eigenvalue weighted by Gasteiger charge is 2.14. The smallest absolute Gasteiger partial charge is 0.239 e. The fraction of sp³-hybridized carbons (Fsp3) is 0.500. The van der Waals surface area contributed by atoms with Crippen LogP contribution in [0.2, 0.25) is 0 Å². The zero-order chi connectivity index (χ0) is 10.7. The van der Waals surface area contributed by atoms with E-state index in [1.807, 2.05) is 5.38 Å². The second-order valence-corrected chi connectivity index (χ2v) is 4.51. The second kappa shape index (κ2) is 4.57. The van der Waals surface area contributed by atoms with Gasteiger partial charge in [-0.2, -0.15) is 0 Å². The molecule has 0 radical (unpaired) electrons. The average molecular weight is 212 g/mol. The van der Waals surface area contributed by atoms with Gasteiger partial charge in [-0.1, -0.05) is 0 Å². The van der Waals surface area contributed by atoms with E-state index in [-0.39, 0.29) is 5.91 Å². The van der Waals surface area contributed by atoms with Crippen molar-refractivity contribution in [3.05, 3.63) is 21.9 Å². The van der Waals surface area contributed by atoms with Crippen LogP contribution >= 0.6 is 11.3 Å². The topological polar surface area (TPSA) is 46.3 Å². The number of aryl methyl sites for hydroxylation is 1. The molecule has 14 heavy (non-hydrogen) atoms. The number of likely N-dealkylation sites (N-methyl/N-ethyl adjacent to an activating group) is 1. The molecule has 0 aliphatic carbocycles. The molecule has 0 fully saturated rings. The molecule has 0 aromatic carbocycles. The third kappa shape index (κ3) is 2.56. The Balaban J connectivity index is 2.62. The van der Waals surface area contributed by atoms with Gasteiger partial charge in [-0.15, -0.1) is 11.3 Å². The third-order valence-corrected chi connectivity index (χ3v) is 3.12. The van der Waals surface area contributed by atoms with E-state index in [0.29, 0.717) is 6.54 Å². The van der Waals surface area contributed by atoms with Crippen LogP contribution in [0.5, 0.6) is 0 Å². The molecule has 1 heterocycles. The van der Waals surface area contributed by atoms with Crippen molar-refractivity contribution in [1.29, 1.82) is 0 Å². The molecule has 0 bridgehead atoms. The quantitative estimate of drug-likeness (QED) is 0.822. The van der Waals surface area contributed by atoms with Crippen LogP contribution in [0.15, 0.2) is 11.4 Å². The van der Waals surface area contributed by atoms with Crippen LogP contribution in [-0.2, 0) is 11.3 Å². The molecule has 0 saturated carbocycles. The predicted octanol–water partition coefficient (Wildman–Crippen LogP) is 1.36. The molecule has 1 atom stereocenters. The number of rotatable bonds is 3. The zero-order valence-corrected chi connectivity index (χ0v) is 9.60. The summed E-state index contributed by atoms with van der Waals surface area (Å²) in [6.45, 7) is 4.42. The predicted molar refractivity (Wildman–Crippen MR) is 59.2 cm³/mol. The first-order chi connectivity index (χ1) is 6.52. The van der Waals surface area contributed by atoms with E-state index >= 15 is 0 Å². The monoisotopic (exact) mass is 212 g/mol. The lowest BCUT2D eigenvalue weighted by Crippen LogP contribution is -2.39. The third-order valence-electron chi connectivity index (χ3n) is 2.11. The van der Waals surface area contributed by atoms with E-state index in [0.717, 1.165) is 0 Å². The number of carbonyl (C=O) groups excluding carboxylic acids is 1. The van der Waals surface area contributed by atoms with E-state index in [4.69, 9.17) is 5.73 Å². The number of carbonyl (C=O) groups is 1. The normalized spacial score (nSPS) is 12.6. The summed E-state index contributed by atoms with van der Waals surface area (Å²) in [6.07, 6.45) is 0. The maximum absolute atomic E-state index is 11.5. The van der Waals surface area contributed by atoms with Crippen LogP contribution in [0.1, 0.15) is 17.4 Å². The van der Waals surface area contributed by atoms with Gasteiger partial charge in [0.2, 0.25) is 5.91 Å². The lowest BCUT2D eigenvalue weighted by atomic mass is 10.2. The van der Waals surface area contributed by atoms with Gasteiger partial charge < -0.3 is 10.6 Å². The van der Waals surface area contributed by atoms with Crippen molar-refractivity contribution in [2.45, 2.75) is 26.4 Å². The summed E-state index contributed by atoms with van der Waals surface area (Å²) in [5, 5.41) is 2.04. The largest absolute Gasteiger partial charge is 0.339 e. The molecule has 1 aromatic rings. The minimum atomic E-state index is -0.416. The van der Waals surface area contributed by atoms with Gasteiger partial charge in [0.25, 0.3) is 0 Å². The molecular weight excluding hydrogens is 196 g/mol. The minimum Gasteiger partial charge on any atom is -0.339 e. The van der Waals surface area contributed by atoms with Crippen molar-refractivity contribution in [3.63, 3.8) is 0 Å². The van der Waals surface area contributed by atoms with Crippen molar-refractivity contribution < 1.29 is 4.79 Å². The van der Waals surface area contributed by atoms with Crippen LogP contribution in [0.25, 0.3) is 0 Å². The average Bonchev–Trinajstić information content (AvgIpc) is 2.50. The van der Waals surface area contributed by atoms with Crippen molar-refractivity contribution in [2.75, 3.05) is 7.05 Å². The van der Waals surface area contributed by atoms with Crippen molar-refractivity contribution in [3.8, 4) is 0 Å². The highest BCUT2D eigenvalue weighted by Crippen LogP contribution is 2.17. The summed E-state index contributed by atoms with van der Waals surface area (Å²) in [7, 11) is 1.78. The SMILES string of the molecule is Cc1ccsc1CN(C)C(=O)C(C)N. The van der Waals surface area contributed by atoms with Gasteiger partial charge in [-0.05, 0) is 30.9 Å². The minimum absolute atomic E-state index is 0.0159. The van der Waals surface area contributed by atoms with E-state index in [2.05, 4.69) is 13.0 Å². The van der Waals surface area contributed by atoms with Crippen LogP contribution < -0.4 is 5.73 Å². The Kier molecular flexibility index (Phi) is 3.66. The van der Waals surface area contributed by atoms with E-state index in [1.54, 1.807) is 30.2 Å². The first-order valence-corrected chi connectivity index (χ1v) is 5.44. The molecule has 2 N–H and O–H groups in total.